The number of carbonyl (C=O) groups excluding carboxylic acids is 5. The van der Waals surface area contributed by atoms with Gasteiger partial charge in [0.2, 0.25) is 11.8 Å². The maximum Gasteiger partial charge on any atom is 0.433 e. The molecule has 15 nitrogen and oxygen atoms in total. The van der Waals surface area contributed by atoms with E-state index in [-0.39, 0.29) is 41.8 Å². The fourth-order valence-corrected chi connectivity index (χ4v) is 8.72. The first kappa shape index (κ1) is 40.9. The number of hydrogen-bond acceptors (Lipinski definition) is 11. The van der Waals surface area contributed by atoms with E-state index in [9.17, 15) is 37.1 Å². The molecule has 0 radical (unpaired) electrons. The molecule has 3 fully saturated rings. The zero-order chi connectivity index (χ0) is 42.1. The van der Waals surface area contributed by atoms with Crippen molar-refractivity contribution in [3.05, 3.63) is 77.2 Å². The van der Waals surface area contributed by atoms with Gasteiger partial charge in [0.15, 0.2) is 0 Å². The fraction of sp³-hybridized carbons (Fsp3) is 0.452. The second-order valence-electron chi connectivity index (χ2n) is 15.8. The standard InChI is InChI=1S/C42H45F3N8O7/c1-59-34-20-31-25(19-32(34)48-38(55)30-8-3-9-35(47-30)42(43,44)45)22-52(50-31)26-12-10-24(11-13-26)21-51-17-18-60-27(23-51)5-4-16-46-29-7-2-6-28-37(29)41(58)53(40(28)57)33-14-15-36(54)49-39(33)56/h2-3,6-9,19-20,22,24,26-27,33,46H,4-5,10-18,21,23H2,1H3,(H,48,55)(H,49,54,56)/t24?,26?,27-,33?/m0/s1. The quantitative estimate of drug-likeness (QED) is 0.123. The Morgan fingerprint density at radius 2 is 1.80 bits per heavy atom. The predicted molar refractivity (Wildman–Crippen MR) is 211 cm³/mol. The van der Waals surface area contributed by atoms with Crippen LogP contribution in [0.5, 0.6) is 5.75 Å². The molecular weight excluding hydrogens is 786 g/mol. The minimum Gasteiger partial charge on any atom is -0.494 e. The molecule has 2 atom stereocenters. The maximum atomic E-state index is 13.4. The Balaban J connectivity index is 0.803. The van der Waals surface area contributed by atoms with Gasteiger partial charge in [-0.05, 0) is 81.2 Å². The van der Waals surface area contributed by atoms with Crippen molar-refractivity contribution in [2.75, 3.05) is 50.5 Å². The Bertz CT molecular complexity index is 2330. The SMILES string of the molecule is COc1cc2nn(C3CCC(CN4CCO[C@@H](CCCNc5cccc6c5C(=O)N(C5CCC(=O)NC5=O)C6=O)C4)CC3)cc2cc1NC(=O)c1cccc(C(F)(F)F)n1. The number of pyridine rings is 1. The normalized spacial score (nSPS) is 22.5. The highest BCUT2D eigenvalue weighted by molar-refractivity contribution is 6.25. The third-order valence-electron chi connectivity index (χ3n) is 11.8. The Kier molecular flexibility index (Phi) is 11.6. The topological polar surface area (TPSA) is 177 Å². The molecule has 0 bridgehead atoms. The van der Waals surface area contributed by atoms with Crippen LogP contribution in [0.25, 0.3) is 10.9 Å². The second-order valence-corrected chi connectivity index (χ2v) is 15.8. The molecule has 3 N–H and O–H groups in total. The molecule has 2 aromatic carbocycles. The number of methoxy groups -OCH3 is 1. The molecule has 2 saturated heterocycles. The number of fused-ring (bicyclic) bond motifs is 2. The lowest BCUT2D eigenvalue weighted by Gasteiger charge is -2.37. The first-order chi connectivity index (χ1) is 28.9. The van der Waals surface area contributed by atoms with Crippen molar-refractivity contribution < 1.29 is 46.6 Å². The Labute approximate surface area is 342 Å². The van der Waals surface area contributed by atoms with Crippen molar-refractivity contribution in [1.29, 1.82) is 0 Å². The molecule has 1 saturated carbocycles. The van der Waals surface area contributed by atoms with Crippen molar-refractivity contribution in [3.8, 4) is 5.75 Å². The van der Waals surface area contributed by atoms with Crippen LogP contribution in [-0.4, -0.2) is 106 Å². The van der Waals surface area contributed by atoms with E-state index in [4.69, 9.17) is 14.6 Å². The average molecular weight is 831 g/mol. The summed E-state index contributed by atoms with van der Waals surface area (Å²) < 4.78 is 53.1. The largest absolute Gasteiger partial charge is 0.494 e. The van der Waals surface area contributed by atoms with Crippen molar-refractivity contribution in [2.24, 2.45) is 5.92 Å². The maximum absolute atomic E-state index is 13.4. The van der Waals surface area contributed by atoms with E-state index < -0.39 is 47.4 Å². The monoisotopic (exact) mass is 830 g/mol. The molecule has 2 aromatic heterocycles. The Morgan fingerprint density at radius 1 is 1.00 bits per heavy atom. The summed E-state index contributed by atoms with van der Waals surface area (Å²) in [5.74, 6) is -2.07. The number of nitrogens with one attached hydrogen (secondary N) is 3. The van der Waals surface area contributed by atoms with Gasteiger partial charge in [-0.3, -0.25) is 43.8 Å². The molecule has 0 spiro atoms. The van der Waals surface area contributed by atoms with E-state index in [2.05, 4.69) is 25.8 Å². The van der Waals surface area contributed by atoms with E-state index in [1.165, 1.54) is 13.2 Å². The number of alkyl halides is 3. The highest BCUT2D eigenvalue weighted by atomic mass is 19.4. The third-order valence-corrected chi connectivity index (χ3v) is 11.8. The smallest absolute Gasteiger partial charge is 0.433 e. The number of nitrogens with zero attached hydrogens (tertiary/aromatic N) is 5. The van der Waals surface area contributed by atoms with E-state index in [0.717, 1.165) is 80.6 Å². The van der Waals surface area contributed by atoms with Crippen molar-refractivity contribution >= 4 is 51.8 Å². The van der Waals surface area contributed by atoms with Crippen LogP contribution in [0.4, 0.5) is 24.5 Å². The van der Waals surface area contributed by atoms with Gasteiger partial charge < -0.3 is 20.1 Å². The summed E-state index contributed by atoms with van der Waals surface area (Å²) in [6, 6.07) is 10.8. The summed E-state index contributed by atoms with van der Waals surface area (Å²) in [5, 5.41) is 13.8. The molecule has 4 aliphatic rings. The first-order valence-corrected chi connectivity index (χ1v) is 20.2. The summed E-state index contributed by atoms with van der Waals surface area (Å²) in [6.07, 6.45) is 3.02. The summed E-state index contributed by atoms with van der Waals surface area (Å²) in [5.41, 5.74) is 0.476. The van der Waals surface area contributed by atoms with Crippen LogP contribution in [0.2, 0.25) is 0 Å². The first-order valence-electron chi connectivity index (χ1n) is 20.2. The van der Waals surface area contributed by atoms with Gasteiger partial charge in [-0.15, -0.1) is 0 Å². The van der Waals surface area contributed by atoms with Gasteiger partial charge in [0.05, 0.1) is 48.2 Å². The number of anilines is 2. The third kappa shape index (κ3) is 8.56. The lowest BCUT2D eigenvalue weighted by atomic mass is 9.85. The van der Waals surface area contributed by atoms with Gasteiger partial charge in [0.25, 0.3) is 17.7 Å². The van der Waals surface area contributed by atoms with Gasteiger partial charge >= 0.3 is 6.18 Å². The molecular formula is C42H45F3N8O7. The van der Waals surface area contributed by atoms with Gasteiger partial charge in [0.1, 0.15) is 23.2 Å². The molecule has 3 aliphatic heterocycles. The zero-order valence-corrected chi connectivity index (χ0v) is 32.9. The average Bonchev–Trinajstić information content (AvgIpc) is 3.76. The van der Waals surface area contributed by atoms with Gasteiger partial charge in [-0.1, -0.05) is 12.1 Å². The molecule has 5 amide bonds. The number of halogens is 3. The number of ether oxygens (including phenoxy) is 2. The number of carbonyl (C=O) groups is 5. The van der Waals surface area contributed by atoms with Gasteiger partial charge in [0, 0.05) is 55.9 Å². The van der Waals surface area contributed by atoms with Crippen molar-refractivity contribution in [2.45, 2.75) is 75.7 Å². The van der Waals surface area contributed by atoms with Crippen LogP contribution in [0.15, 0.2) is 54.7 Å². The molecule has 18 heteroatoms. The summed E-state index contributed by atoms with van der Waals surface area (Å²) >= 11 is 0. The summed E-state index contributed by atoms with van der Waals surface area (Å²) in [4.78, 5) is 70.5. The molecule has 1 aliphatic carbocycles. The number of imide groups is 2. The minimum absolute atomic E-state index is 0.0614. The summed E-state index contributed by atoms with van der Waals surface area (Å²) in [6.45, 7) is 3.86. The predicted octanol–water partition coefficient (Wildman–Crippen LogP) is 5.44. The van der Waals surface area contributed by atoms with E-state index in [0.29, 0.717) is 41.7 Å². The Hall–Kier alpha value is -5.88. The number of hydrogen-bond donors (Lipinski definition) is 3. The molecule has 316 valence electrons. The fourth-order valence-electron chi connectivity index (χ4n) is 8.72. The number of piperidine rings is 1. The lowest BCUT2D eigenvalue weighted by Crippen LogP contribution is -2.54. The molecule has 4 aromatic rings. The highest BCUT2D eigenvalue weighted by Gasteiger charge is 2.45. The second kappa shape index (κ2) is 17.0. The van der Waals surface area contributed by atoms with Crippen LogP contribution < -0.4 is 20.7 Å². The van der Waals surface area contributed by atoms with E-state index >= 15 is 0 Å². The van der Waals surface area contributed by atoms with E-state index in [1.807, 2.05) is 10.9 Å². The molecule has 5 heterocycles. The highest BCUT2D eigenvalue weighted by Crippen LogP contribution is 2.37. The number of benzene rings is 2. The number of morpholine rings is 1. The number of rotatable bonds is 12. The minimum atomic E-state index is -4.68. The van der Waals surface area contributed by atoms with Crippen molar-refractivity contribution in [3.63, 3.8) is 0 Å². The van der Waals surface area contributed by atoms with Crippen LogP contribution >= 0.6 is 0 Å². The van der Waals surface area contributed by atoms with Gasteiger partial charge in [-0.2, -0.15) is 18.3 Å². The number of aromatic nitrogens is 3. The van der Waals surface area contributed by atoms with Crippen molar-refractivity contribution in [1.82, 2.24) is 29.9 Å². The van der Waals surface area contributed by atoms with Crippen LogP contribution in [-0.2, 0) is 20.5 Å². The Morgan fingerprint density at radius 3 is 2.57 bits per heavy atom. The number of amides is 5. The summed E-state index contributed by atoms with van der Waals surface area (Å²) in [7, 11) is 1.44. The lowest BCUT2D eigenvalue weighted by molar-refractivity contribution is -0.141. The van der Waals surface area contributed by atoms with Crippen LogP contribution in [0.1, 0.15) is 94.3 Å². The van der Waals surface area contributed by atoms with Crippen LogP contribution in [0, 0.1) is 5.92 Å². The molecule has 8 rings (SSSR count). The zero-order valence-electron chi connectivity index (χ0n) is 32.9. The van der Waals surface area contributed by atoms with Gasteiger partial charge in [-0.25, -0.2) is 4.98 Å². The van der Waals surface area contributed by atoms with E-state index in [1.54, 1.807) is 30.3 Å². The van der Waals surface area contributed by atoms with Crippen LogP contribution in [0.3, 0.4) is 0 Å². The molecule has 60 heavy (non-hydrogen) atoms. The molecule has 1 unspecified atom stereocenters.